The third-order valence-electron chi connectivity index (χ3n) is 4.75. The molecule has 6 heteroatoms. The molecule has 3 aromatic rings. The van der Waals surface area contributed by atoms with Crippen LogP contribution < -0.4 is 14.2 Å². The van der Waals surface area contributed by atoms with Gasteiger partial charge in [0.2, 0.25) is 5.78 Å². The van der Waals surface area contributed by atoms with Crippen molar-refractivity contribution >= 4 is 17.8 Å². The average Bonchev–Trinajstić information content (AvgIpc) is 3.07. The van der Waals surface area contributed by atoms with Gasteiger partial charge in [-0.25, -0.2) is 0 Å². The van der Waals surface area contributed by atoms with Gasteiger partial charge in [0, 0.05) is 18.0 Å². The largest absolute Gasteiger partial charge is 0.497 e. The number of ether oxygens (including phenoxy) is 3. The standard InChI is InChI=1S/C24H19NO5/c1-15-20(29-22(26)13-16-5-7-18(28-2)8-6-16)10-9-19-23(27)21(30-24(15)19)12-17-4-3-11-25-14-17/h3-12,14H,13H2,1-2H3/b21-12-. The Bertz CT molecular complexity index is 1130. The molecular formula is C24H19NO5. The lowest BCUT2D eigenvalue weighted by molar-refractivity contribution is -0.133. The summed E-state index contributed by atoms with van der Waals surface area (Å²) in [5.74, 6) is 1.08. The van der Waals surface area contributed by atoms with Crippen LogP contribution in [-0.2, 0) is 11.2 Å². The van der Waals surface area contributed by atoms with Gasteiger partial charge in [0.1, 0.15) is 17.2 Å². The van der Waals surface area contributed by atoms with E-state index in [0.717, 1.165) is 16.9 Å². The number of benzene rings is 2. The molecule has 0 atom stereocenters. The molecule has 0 saturated carbocycles. The number of esters is 1. The van der Waals surface area contributed by atoms with Crippen LogP contribution in [0.5, 0.6) is 17.2 Å². The van der Waals surface area contributed by atoms with Gasteiger partial charge in [-0.15, -0.1) is 0 Å². The number of pyridine rings is 1. The Hall–Kier alpha value is -3.93. The van der Waals surface area contributed by atoms with Crippen LogP contribution in [0, 0.1) is 6.92 Å². The van der Waals surface area contributed by atoms with E-state index in [-0.39, 0.29) is 18.0 Å². The number of fused-ring (bicyclic) bond motifs is 1. The minimum absolute atomic E-state index is 0.118. The van der Waals surface area contributed by atoms with Gasteiger partial charge in [0.25, 0.3) is 0 Å². The van der Waals surface area contributed by atoms with Crippen molar-refractivity contribution in [3.63, 3.8) is 0 Å². The number of ketones is 1. The number of hydrogen-bond acceptors (Lipinski definition) is 6. The van der Waals surface area contributed by atoms with Gasteiger partial charge in [-0.3, -0.25) is 14.6 Å². The molecule has 0 radical (unpaired) electrons. The third kappa shape index (κ3) is 3.93. The molecule has 0 saturated heterocycles. The monoisotopic (exact) mass is 401 g/mol. The summed E-state index contributed by atoms with van der Waals surface area (Å²) in [6.45, 7) is 1.76. The number of Topliss-reactive ketones (excluding diaryl/α,β-unsaturated/α-hetero) is 1. The second-order valence-corrected chi connectivity index (χ2v) is 6.79. The molecule has 1 aliphatic heterocycles. The quantitative estimate of drug-likeness (QED) is 0.363. The van der Waals surface area contributed by atoms with E-state index in [1.54, 1.807) is 62.8 Å². The molecule has 2 heterocycles. The molecule has 0 spiro atoms. The van der Waals surface area contributed by atoms with Gasteiger partial charge < -0.3 is 14.2 Å². The molecule has 150 valence electrons. The first-order chi connectivity index (χ1) is 14.5. The molecular weight excluding hydrogens is 382 g/mol. The van der Waals surface area contributed by atoms with Crippen molar-refractivity contribution in [1.29, 1.82) is 0 Å². The topological polar surface area (TPSA) is 74.7 Å². The SMILES string of the molecule is COc1ccc(CC(=O)Oc2ccc3c(c2C)O/C(=C\c2cccnc2)C3=O)cc1. The van der Waals surface area contributed by atoms with E-state index >= 15 is 0 Å². The van der Waals surface area contributed by atoms with Crippen LogP contribution in [-0.4, -0.2) is 23.8 Å². The van der Waals surface area contributed by atoms with Crippen molar-refractivity contribution < 1.29 is 23.8 Å². The Morgan fingerprint density at radius 3 is 2.63 bits per heavy atom. The lowest BCUT2D eigenvalue weighted by Gasteiger charge is -2.10. The summed E-state index contributed by atoms with van der Waals surface area (Å²) in [5, 5.41) is 0. The number of hydrogen-bond donors (Lipinski definition) is 0. The third-order valence-corrected chi connectivity index (χ3v) is 4.75. The number of aromatic nitrogens is 1. The van der Waals surface area contributed by atoms with Crippen molar-refractivity contribution in [2.45, 2.75) is 13.3 Å². The Kier molecular flexibility index (Phi) is 5.30. The summed E-state index contributed by atoms with van der Waals surface area (Å²) in [5.41, 5.74) is 2.61. The number of methoxy groups -OCH3 is 1. The molecule has 6 nitrogen and oxygen atoms in total. The predicted octanol–water partition coefficient (Wildman–Crippen LogP) is 4.16. The number of carbonyl (C=O) groups is 2. The molecule has 2 aromatic carbocycles. The van der Waals surface area contributed by atoms with Gasteiger partial charge in [0.05, 0.1) is 19.1 Å². The van der Waals surface area contributed by atoms with Crippen LogP contribution in [0.15, 0.2) is 66.7 Å². The van der Waals surface area contributed by atoms with Crippen LogP contribution in [0.2, 0.25) is 0 Å². The fraction of sp³-hybridized carbons (Fsp3) is 0.125. The summed E-state index contributed by atoms with van der Waals surface area (Å²) in [4.78, 5) is 29.1. The van der Waals surface area contributed by atoms with E-state index in [9.17, 15) is 9.59 Å². The summed E-state index contributed by atoms with van der Waals surface area (Å²) < 4.78 is 16.4. The van der Waals surface area contributed by atoms with E-state index in [4.69, 9.17) is 14.2 Å². The van der Waals surface area contributed by atoms with Gasteiger partial charge >= 0.3 is 5.97 Å². The van der Waals surface area contributed by atoms with Gasteiger partial charge in [-0.2, -0.15) is 0 Å². The van der Waals surface area contributed by atoms with Crippen LogP contribution in [0.1, 0.15) is 27.0 Å². The minimum atomic E-state index is -0.404. The zero-order chi connectivity index (χ0) is 21.1. The summed E-state index contributed by atoms with van der Waals surface area (Å²) in [6, 6.07) is 14.1. The highest BCUT2D eigenvalue weighted by atomic mass is 16.5. The number of carbonyl (C=O) groups excluding carboxylic acids is 2. The molecule has 0 amide bonds. The Labute approximate surface area is 173 Å². The Morgan fingerprint density at radius 1 is 1.13 bits per heavy atom. The van der Waals surface area contributed by atoms with E-state index in [0.29, 0.717) is 22.6 Å². The van der Waals surface area contributed by atoms with Gasteiger partial charge in [0.15, 0.2) is 5.76 Å². The first kappa shape index (κ1) is 19.4. The first-order valence-electron chi connectivity index (χ1n) is 9.36. The van der Waals surface area contributed by atoms with Crippen LogP contribution in [0.3, 0.4) is 0 Å². The second-order valence-electron chi connectivity index (χ2n) is 6.79. The summed E-state index contributed by atoms with van der Waals surface area (Å²) in [7, 11) is 1.59. The summed E-state index contributed by atoms with van der Waals surface area (Å²) >= 11 is 0. The van der Waals surface area contributed by atoms with Gasteiger partial charge in [-0.1, -0.05) is 18.2 Å². The zero-order valence-electron chi connectivity index (χ0n) is 16.5. The highest BCUT2D eigenvalue weighted by Crippen LogP contribution is 2.39. The fourth-order valence-corrected chi connectivity index (χ4v) is 3.16. The Balaban J connectivity index is 1.51. The number of nitrogens with zero attached hydrogens (tertiary/aromatic N) is 1. The van der Waals surface area contributed by atoms with E-state index in [1.165, 1.54) is 0 Å². The highest BCUT2D eigenvalue weighted by molar-refractivity contribution is 6.15. The molecule has 0 N–H and O–H groups in total. The predicted molar refractivity (Wildman–Crippen MR) is 111 cm³/mol. The molecule has 1 aliphatic rings. The Morgan fingerprint density at radius 2 is 1.93 bits per heavy atom. The van der Waals surface area contributed by atoms with Crippen LogP contribution >= 0.6 is 0 Å². The smallest absolute Gasteiger partial charge is 0.315 e. The van der Waals surface area contributed by atoms with Crippen molar-refractivity contribution in [2.75, 3.05) is 7.11 Å². The second kappa shape index (κ2) is 8.21. The minimum Gasteiger partial charge on any atom is -0.497 e. The molecule has 1 aromatic heterocycles. The lowest BCUT2D eigenvalue weighted by atomic mass is 10.1. The molecule has 4 rings (SSSR count). The number of allylic oxidation sites excluding steroid dienone is 1. The maximum Gasteiger partial charge on any atom is 0.315 e. The maximum absolute atomic E-state index is 12.6. The maximum atomic E-state index is 12.6. The van der Waals surface area contributed by atoms with E-state index in [2.05, 4.69) is 4.98 Å². The molecule has 30 heavy (non-hydrogen) atoms. The van der Waals surface area contributed by atoms with E-state index in [1.807, 2.05) is 18.2 Å². The molecule has 0 aliphatic carbocycles. The molecule has 0 unspecified atom stereocenters. The first-order valence-corrected chi connectivity index (χ1v) is 9.36. The van der Waals surface area contributed by atoms with Crippen molar-refractivity contribution in [3.05, 3.63) is 88.9 Å². The average molecular weight is 401 g/mol. The zero-order valence-corrected chi connectivity index (χ0v) is 16.5. The van der Waals surface area contributed by atoms with Crippen LogP contribution in [0.25, 0.3) is 6.08 Å². The van der Waals surface area contributed by atoms with Gasteiger partial charge in [-0.05, 0) is 54.5 Å². The van der Waals surface area contributed by atoms with Crippen molar-refractivity contribution in [3.8, 4) is 17.2 Å². The normalized spacial score (nSPS) is 13.7. The molecule has 0 bridgehead atoms. The summed E-state index contributed by atoms with van der Waals surface area (Å²) in [6.07, 6.45) is 5.06. The van der Waals surface area contributed by atoms with E-state index < -0.39 is 5.97 Å². The fourth-order valence-electron chi connectivity index (χ4n) is 3.16. The molecule has 0 fully saturated rings. The van der Waals surface area contributed by atoms with Crippen molar-refractivity contribution in [2.24, 2.45) is 0 Å². The highest BCUT2D eigenvalue weighted by Gasteiger charge is 2.30. The number of rotatable bonds is 5. The van der Waals surface area contributed by atoms with Crippen LogP contribution in [0.4, 0.5) is 0 Å². The van der Waals surface area contributed by atoms with Crippen molar-refractivity contribution in [1.82, 2.24) is 4.98 Å². The lowest BCUT2D eigenvalue weighted by Crippen LogP contribution is -2.12.